The molecule has 0 aliphatic heterocycles. The van der Waals surface area contributed by atoms with Crippen molar-refractivity contribution in [3.05, 3.63) is 46.9 Å². The molecule has 0 saturated carbocycles. The first-order valence-corrected chi connectivity index (χ1v) is 5.50. The maximum absolute atomic E-state index is 5.96. The number of benzene rings is 1. The largest absolute Gasteiger partial charge is 0.484 e. The lowest BCUT2D eigenvalue weighted by atomic mass is 10.3. The molecule has 0 aliphatic carbocycles. The van der Waals surface area contributed by atoms with Crippen LogP contribution in [0.5, 0.6) is 5.75 Å². The fourth-order valence-corrected chi connectivity index (χ4v) is 1.62. The van der Waals surface area contributed by atoms with Crippen LogP contribution in [0.2, 0.25) is 5.02 Å². The first-order valence-electron chi connectivity index (χ1n) is 5.12. The minimum atomic E-state index is 0.246. The molecule has 0 atom stereocenters. The summed E-state index contributed by atoms with van der Waals surface area (Å²) >= 11 is 5.96. The monoisotopic (exact) mass is 249 g/mol. The van der Waals surface area contributed by atoms with Crippen molar-refractivity contribution in [2.75, 3.05) is 5.73 Å². The van der Waals surface area contributed by atoms with Crippen LogP contribution in [0.25, 0.3) is 0 Å². The van der Waals surface area contributed by atoms with Gasteiger partial charge in [-0.3, -0.25) is 0 Å². The van der Waals surface area contributed by atoms with Crippen molar-refractivity contribution in [2.45, 2.75) is 13.5 Å². The molecule has 0 amide bonds. The maximum Gasteiger partial charge on any atom is 0.168 e. The summed E-state index contributed by atoms with van der Waals surface area (Å²) in [6.07, 6.45) is 0. The fourth-order valence-electron chi connectivity index (χ4n) is 1.42. The maximum atomic E-state index is 5.96. The van der Waals surface area contributed by atoms with Gasteiger partial charge >= 0.3 is 0 Å². The van der Waals surface area contributed by atoms with E-state index < -0.39 is 0 Å². The van der Waals surface area contributed by atoms with E-state index in [1.165, 1.54) is 0 Å². The van der Waals surface area contributed by atoms with Gasteiger partial charge in [-0.2, -0.15) is 0 Å². The molecule has 2 rings (SSSR count). The van der Waals surface area contributed by atoms with Crippen LogP contribution in [0.3, 0.4) is 0 Å². The Bertz CT molecular complexity index is 511. The second-order valence-corrected chi connectivity index (χ2v) is 3.98. The Labute approximate surface area is 104 Å². The molecule has 0 fully saturated rings. The zero-order valence-electron chi connectivity index (χ0n) is 9.35. The van der Waals surface area contributed by atoms with Crippen LogP contribution < -0.4 is 10.5 Å². The number of rotatable bonds is 3. The molecule has 2 N–H and O–H groups in total. The van der Waals surface area contributed by atoms with Gasteiger partial charge in [-0.1, -0.05) is 23.7 Å². The zero-order chi connectivity index (χ0) is 12.3. The Kier molecular flexibility index (Phi) is 3.44. The van der Waals surface area contributed by atoms with Gasteiger partial charge in [-0.15, -0.1) is 0 Å². The molecule has 0 radical (unpaired) electrons. The van der Waals surface area contributed by atoms with Crippen LogP contribution in [-0.4, -0.2) is 9.97 Å². The van der Waals surface area contributed by atoms with E-state index in [0.29, 0.717) is 22.4 Å². The number of aromatic nitrogens is 2. The van der Waals surface area contributed by atoms with Gasteiger partial charge in [0.1, 0.15) is 18.2 Å². The van der Waals surface area contributed by atoms with Crippen molar-refractivity contribution in [3.63, 3.8) is 0 Å². The normalized spacial score (nSPS) is 10.2. The van der Waals surface area contributed by atoms with Crippen LogP contribution >= 0.6 is 11.6 Å². The third kappa shape index (κ3) is 3.07. The molecular formula is C12H12ClN3O. The van der Waals surface area contributed by atoms with E-state index >= 15 is 0 Å². The topological polar surface area (TPSA) is 61.0 Å². The number of halogens is 1. The predicted molar refractivity (Wildman–Crippen MR) is 67.0 cm³/mol. The highest BCUT2D eigenvalue weighted by molar-refractivity contribution is 6.32. The molecule has 1 aromatic carbocycles. The number of nitrogen functional groups attached to an aromatic ring is 1. The number of ether oxygens (including phenoxy) is 1. The minimum absolute atomic E-state index is 0.246. The molecule has 0 saturated heterocycles. The van der Waals surface area contributed by atoms with Crippen molar-refractivity contribution in [3.8, 4) is 5.75 Å². The van der Waals surface area contributed by atoms with Crippen LogP contribution in [0.1, 0.15) is 11.5 Å². The number of hydrogen-bond donors (Lipinski definition) is 1. The summed E-state index contributed by atoms with van der Waals surface area (Å²) < 4.78 is 5.52. The molecule has 1 heterocycles. The van der Waals surface area contributed by atoms with E-state index in [4.69, 9.17) is 22.1 Å². The smallest absolute Gasteiger partial charge is 0.168 e. The number of hydrogen-bond acceptors (Lipinski definition) is 4. The number of para-hydroxylation sites is 1. The van der Waals surface area contributed by atoms with Crippen LogP contribution in [-0.2, 0) is 6.61 Å². The number of nitrogens with zero attached hydrogens (tertiary/aromatic N) is 2. The van der Waals surface area contributed by atoms with E-state index in [9.17, 15) is 0 Å². The van der Waals surface area contributed by atoms with Gasteiger partial charge in [0.25, 0.3) is 0 Å². The average molecular weight is 250 g/mol. The van der Waals surface area contributed by atoms with E-state index in [-0.39, 0.29) is 6.61 Å². The molecule has 0 aliphatic rings. The van der Waals surface area contributed by atoms with Gasteiger partial charge in [0.15, 0.2) is 5.82 Å². The third-order valence-corrected chi connectivity index (χ3v) is 2.43. The summed E-state index contributed by atoms with van der Waals surface area (Å²) in [5.41, 5.74) is 6.44. The summed E-state index contributed by atoms with van der Waals surface area (Å²) in [5.74, 6) is 1.59. The van der Waals surface area contributed by atoms with Gasteiger partial charge in [-0.05, 0) is 19.1 Å². The average Bonchev–Trinajstić information content (AvgIpc) is 2.27. The Hall–Kier alpha value is -1.81. The molecule has 17 heavy (non-hydrogen) atoms. The predicted octanol–water partition coefficient (Wildman–Crippen LogP) is 2.60. The Morgan fingerprint density at radius 2 is 2.06 bits per heavy atom. The van der Waals surface area contributed by atoms with Crippen LogP contribution in [0.4, 0.5) is 5.82 Å². The lowest BCUT2D eigenvalue weighted by molar-refractivity contribution is 0.296. The fraction of sp³-hybridized carbons (Fsp3) is 0.167. The SMILES string of the molecule is Cc1cc(N)nc(COc2ccccc2Cl)n1. The molecule has 88 valence electrons. The highest BCUT2D eigenvalue weighted by atomic mass is 35.5. The van der Waals surface area contributed by atoms with Crippen molar-refractivity contribution < 1.29 is 4.74 Å². The summed E-state index contributed by atoms with van der Waals surface area (Å²) in [6, 6.07) is 8.96. The molecule has 5 heteroatoms. The van der Waals surface area contributed by atoms with Gasteiger partial charge < -0.3 is 10.5 Å². The van der Waals surface area contributed by atoms with E-state index in [2.05, 4.69) is 9.97 Å². The quantitative estimate of drug-likeness (QED) is 0.908. The van der Waals surface area contributed by atoms with Crippen molar-refractivity contribution in [1.29, 1.82) is 0 Å². The van der Waals surface area contributed by atoms with E-state index in [1.54, 1.807) is 18.2 Å². The Balaban J connectivity index is 2.10. The molecule has 0 bridgehead atoms. The summed E-state index contributed by atoms with van der Waals surface area (Å²) in [7, 11) is 0. The summed E-state index contributed by atoms with van der Waals surface area (Å²) in [5, 5.41) is 0.563. The summed E-state index contributed by atoms with van der Waals surface area (Å²) in [4.78, 5) is 8.30. The lowest BCUT2D eigenvalue weighted by Gasteiger charge is -2.07. The molecule has 4 nitrogen and oxygen atoms in total. The highest BCUT2D eigenvalue weighted by Crippen LogP contribution is 2.23. The Morgan fingerprint density at radius 3 is 2.76 bits per heavy atom. The first-order chi connectivity index (χ1) is 8.15. The first kappa shape index (κ1) is 11.7. The van der Waals surface area contributed by atoms with Gasteiger partial charge in [0.2, 0.25) is 0 Å². The van der Waals surface area contributed by atoms with Crippen molar-refractivity contribution in [2.24, 2.45) is 0 Å². The van der Waals surface area contributed by atoms with Gasteiger partial charge in [0, 0.05) is 11.8 Å². The van der Waals surface area contributed by atoms with E-state index in [0.717, 1.165) is 5.69 Å². The molecule has 1 aromatic heterocycles. The summed E-state index contributed by atoms with van der Waals surface area (Å²) in [6.45, 7) is 2.10. The molecule has 0 spiro atoms. The number of anilines is 1. The second-order valence-electron chi connectivity index (χ2n) is 3.57. The molecular weight excluding hydrogens is 238 g/mol. The standard InChI is InChI=1S/C12H12ClN3O/c1-8-6-11(14)16-12(15-8)7-17-10-5-3-2-4-9(10)13/h2-6H,7H2,1H3,(H2,14,15,16). The Morgan fingerprint density at radius 1 is 1.29 bits per heavy atom. The van der Waals surface area contributed by atoms with Gasteiger partial charge in [0.05, 0.1) is 5.02 Å². The molecule has 0 unspecified atom stereocenters. The zero-order valence-corrected chi connectivity index (χ0v) is 10.1. The van der Waals surface area contributed by atoms with Crippen molar-refractivity contribution >= 4 is 17.4 Å². The third-order valence-electron chi connectivity index (χ3n) is 2.11. The van der Waals surface area contributed by atoms with Gasteiger partial charge in [-0.25, -0.2) is 9.97 Å². The number of nitrogens with two attached hydrogens (primary N) is 1. The minimum Gasteiger partial charge on any atom is -0.484 e. The second kappa shape index (κ2) is 5.01. The lowest BCUT2D eigenvalue weighted by Crippen LogP contribution is -2.05. The van der Waals surface area contributed by atoms with Crippen LogP contribution in [0, 0.1) is 6.92 Å². The van der Waals surface area contributed by atoms with E-state index in [1.807, 2.05) is 19.1 Å². The number of aryl methyl sites for hydroxylation is 1. The molecule has 2 aromatic rings. The van der Waals surface area contributed by atoms with Crippen molar-refractivity contribution in [1.82, 2.24) is 9.97 Å². The highest BCUT2D eigenvalue weighted by Gasteiger charge is 2.03. The van der Waals surface area contributed by atoms with Crippen LogP contribution in [0.15, 0.2) is 30.3 Å².